The first kappa shape index (κ1) is 40.7. The maximum absolute atomic E-state index is 7.11. The molecular formula is C66H44N2O3. The van der Waals surface area contributed by atoms with Gasteiger partial charge >= 0.3 is 0 Å². The van der Waals surface area contributed by atoms with Crippen LogP contribution in [0.2, 0.25) is 0 Å². The van der Waals surface area contributed by atoms with Crippen molar-refractivity contribution in [3.63, 3.8) is 0 Å². The molecule has 11 aromatic carbocycles. The van der Waals surface area contributed by atoms with E-state index in [-0.39, 0.29) is 0 Å². The number of rotatable bonds is 8. The van der Waals surface area contributed by atoms with Gasteiger partial charge in [0.2, 0.25) is 0 Å². The second-order valence-electron chi connectivity index (χ2n) is 18.4. The smallest absolute Gasteiger partial charge is 0.159 e. The summed E-state index contributed by atoms with van der Waals surface area (Å²) < 4.78 is 21.2. The van der Waals surface area contributed by atoms with Crippen LogP contribution in [0.15, 0.2) is 244 Å². The zero-order chi connectivity index (χ0) is 47.2. The molecule has 14 rings (SSSR count). The van der Waals surface area contributed by atoms with E-state index in [0.717, 1.165) is 133 Å². The number of nitrogens with zero attached hydrogens (tertiary/aromatic N) is 2. The molecule has 0 atom stereocenters. The van der Waals surface area contributed by atoms with Gasteiger partial charge in [0.15, 0.2) is 11.2 Å². The Morgan fingerprint density at radius 2 is 0.718 bits per heavy atom. The third-order valence-corrected chi connectivity index (χ3v) is 14.3. The van der Waals surface area contributed by atoms with Crippen LogP contribution in [-0.2, 0) is 0 Å². The van der Waals surface area contributed by atoms with E-state index in [4.69, 9.17) is 13.3 Å². The Hall–Kier alpha value is -9.32. The Balaban J connectivity index is 0.965. The predicted octanol–water partition coefficient (Wildman–Crippen LogP) is 19.4. The van der Waals surface area contributed by atoms with Gasteiger partial charge in [-0.25, -0.2) is 0 Å². The van der Waals surface area contributed by atoms with Crippen LogP contribution in [0.1, 0.15) is 11.1 Å². The summed E-state index contributed by atoms with van der Waals surface area (Å²) in [5.74, 6) is 0. The van der Waals surface area contributed by atoms with Crippen molar-refractivity contribution < 1.29 is 13.3 Å². The molecule has 3 heterocycles. The van der Waals surface area contributed by atoms with Gasteiger partial charge in [-0.15, -0.1) is 0 Å². The molecule has 336 valence electrons. The highest BCUT2D eigenvalue weighted by atomic mass is 16.3. The number of hydrogen-bond donors (Lipinski definition) is 0. The zero-order valence-corrected chi connectivity index (χ0v) is 39.1. The quantitative estimate of drug-likeness (QED) is 0.152. The van der Waals surface area contributed by atoms with Crippen molar-refractivity contribution in [3.8, 4) is 22.3 Å². The number of hydrogen-bond acceptors (Lipinski definition) is 5. The lowest BCUT2D eigenvalue weighted by atomic mass is 9.98. The molecule has 14 aromatic rings. The van der Waals surface area contributed by atoms with Gasteiger partial charge in [-0.3, -0.25) is 0 Å². The minimum Gasteiger partial charge on any atom is -0.456 e. The summed E-state index contributed by atoms with van der Waals surface area (Å²) in [6.07, 6.45) is 0. The minimum absolute atomic E-state index is 0.786. The second-order valence-corrected chi connectivity index (χ2v) is 18.4. The van der Waals surface area contributed by atoms with Crippen molar-refractivity contribution in [1.29, 1.82) is 0 Å². The Labute approximate surface area is 409 Å². The van der Waals surface area contributed by atoms with Crippen molar-refractivity contribution in [2.24, 2.45) is 0 Å². The molecule has 0 saturated heterocycles. The lowest BCUT2D eigenvalue weighted by Crippen LogP contribution is -2.10. The molecule has 0 N–H and O–H groups in total. The number of aryl methyl sites for hydroxylation is 2. The van der Waals surface area contributed by atoms with Crippen LogP contribution in [0.5, 0.6) is 0 Å². The molecule has 0 saturated carbocycles. The highest BCUT2D eigenvalue weighted by molar-refractivity contribution is 6.24. The first-order chi connectivity index (χ1) is 35.1. The summed E-state index contributed by atoms with van der Waals surface area (Å²) >= 11 is 0. The summed E-state index contributed by atoms with van der Waals surface area (Å²) in [6.45, 7) is 4.31. The Bertz CT molecular complexity index is 4390. The van der Waals surface area contributed by atoms with E-state index in [1.54, 1.807) is 0 Å². The first-order valence-electron chi connectivity index (χ1n) is 24.2. The average Bonchev–Trinajstić information content (AvgIpc) is 4.12. The molecule has 3 aromatic heterocycles. The molecule has 0 radical (unpaired) electrons. The van der Waals surface area contributed by atoms with Crippen molar-refractivity contribution in [2.45, 2.75) is 13.8 Å². The van der Waals surface area contributed by atoms with Gasteiger partial charge in [-0.2, -0.15) is 0 Å². The lowest BCUT2D eigenvalue weighted by Gasteiger charge is -2.27. The molecule has 71 heavy (non-hydrogen) atoms. The van der Waals surface area contributed by atoms with Crippen LogP contribution in [0.25, 0.3) is 98.8 Å². The summed E-state index contributed by atoms with van der Waals surface area (Å²) in [7, 11) is 0. The standard InChI is InChI=1S/C66H44N2O3/c1-41-19-9-11-25-46(41)50-29-15-31-52-54-33-17-35-57(65(54)70-63(50)52)67(43-21-5-3-6-22-43)45-37-38-56-60(39-45)69-61-40-59(48-27-13-14-28-49(48)62(56)61)68(44-23-7-4-8-24-44)58-36-18-34-55-53-32-16-30-51(64(53)71-66(55)58)47-26-12-10-20-42(47)2/h3-40H,1-2H3. The lowest BCUT2D eigenvalue weighted by molar-refractivity contribution is 0.667. The fourth-order valence-electron chi connectivity index (χ4n) is 11.1. The molecular weight excluding hydrogens is 869 g/mol. The van der Waals surface area contributed by atoms with Crippen LogP contribution in [0.4, 0.5) is 34.1 Å². The number of para-hydroxylation sites is 6. The highest BCUT2D eigenvalue weighted by Crippen LogP contribution is 2.50. The van der Waals surface area contributed by atoms with E-state index in [1.165, 1.54) is 11.1 Å². The predicted molar refractivity (Wildman–Crippen MR) is 295 cm³/mol. The third kappa shape index (κ3) is 6.40. The second kappa shape index (κ2) is 16.2. The Morgan fingerprint density at radius 1 is 0.268 bits per heavy atom. The molecule has 0 spiro atoms. The number of benzene rings is 11. The number of anilines is 6. The molecule has 0 aliphatic carbocycles. The van der Waals surface area contributed by atoms with Crippen LogP contribution in [0, 0.1) is 13.8 Å². The normalized spacial score (nSPS) is 11.8. The van der Waals surface area contributed by atoms with Gasteiger partial charge in [-0.1, -0.05) is 170 Å². The van der Waals surface area contributed by atoms with E-state index in [1.807, 2.05) is 0 Å². The average molecular weight is 913 g/mol. The van der Waals surface area contributed by atoms with Gasteiger partial charge in [0.05, 0.1) is 22.7 Å². The Morgan fingerprint density at radius 3 is 1.30 bits per heavy atom. The largest absolute Gasteiger partial charge is 0.456 e. The molecule has 0 fully saturated rings. The first-order valence-corrected chi connectivity index (χ1v) is 24.2. The third-order valence-electron chi connectivity index (χ3n) is 14.3. The topological polar surface area (TPSA) is 45.9 Å². The van der Waals surface area contributed by atoms with Crippen molar-refractivity contribution in [2.75, 3.05) is 9.80 Å². The van der Waals surface area contributed by atoms with Crippen molar-refractivity contribution >= 4 is 111 Å². The Kier molecular flexibility index (Phi) is 9.26. The van der Waals surface area contributed by atoms with E-state index in [2.05, 4.69) is 254 Å². The molecule has 5 nitrogen and oxygen atoms in total. The van der Waals surface area contributed by atoms with E-state index < -0.39 is 0 Å². The molecule has 0 amide bonds. The number of fused-ring (bicyclic) bond motifs is 11. The number of furan rings is 3. The SMILES string of the molecule is Cc1ccccc1-c1cccc2c1oc1c(N(c3ccccc3)c3ccc4c(c3)oc3cc(N(c5ccccc5)c5cccc6c5oc5c(-c7ccccc7C)cccc56)c5ccccc5c34)cccc12. The summed E-state index contributed by atoms with van der Waals surface area (Å²) in [5, 5.41) is 8.58. The van der Waals surface area contributed by atoms with Crippen molar-refractivity contribution in [3.05, 3.63) is 242 Å². The van der Waals surface area contributed by atoms with Gasteiger partial charge in [0.25, 0.3) is 0 Å². The fraction of sp³-hybridized carbons (Fsp3) is 0.0303. The molecule has 5 heteroatoms. The summed E-state index contributed by atoms with van der Waals surface area (Å²) in [5.41, 5.74) is 17.7. The van der Waals surface area contributed by atoms with Gasteiger partial charge in [0.1, 0.15) is 22.3 Å². The van der Waals surface area contributed by atoms with E-state index >= 15 is 0 Å². The molecule has 0 unspecified atom stereocenters. The summed E-state index contributed by atoms with van der Waals surface area (Å²) in [4.78, 5) is 4.61. The summed E-state index contributed by atoms with van der Waals surface area (Å²) in [6, 6.07) is 81.4. The van der Waals surface area contributed by atoms with E-state index in [0.29, 0.717) is 0 Å². The molecule has 0 aliphatic rings. The maximum Gasteiger partial charge on any atom is 0.159 e. The van der Waals surface area contributed by atoms with Gasteiger partial charge in [0, 0.05) is 72.3 Å². The van der Waals surface area contributed by atoms with Crippen LogP contribution in [-0.4, -0.2) is 0 Å². The minimum atomic E-state index is 0.786. The molecule has 0 bridgehead atoms. The monoisotopic (exact) mass is 912 g/mol. The van der Waals surface area contributed by atoms with Crippen LogP contribution >= 0.6 is 0 Å². The van der Waals surface area contributed by atoms with Gasteiger partial charge < -0.3 is 23.1 Å². The van der Waals surface area contributed by atoms with Crippen LogP contribution < -0.4 is 9.80 Å². The molecule has 0 aliphatic heterocycles. The maximum atomic E-state index is 7.11. The zero-order valence-electron chi connectivity index (χ0n) is 39.1. The van der Waals surface area contributed by atoms with E-state index in [9.17, 15) is 0 Å². The fourth-order valence-corrected chi connectivity index (χ4v) is 11.1. The van der Waals surface area contributed by atoms with Crippen LogP contribution in [0.3, 0.4) is 0 Å². The van der Waals surface area contributed by atoms with Crippen molar-refractivity contribution in [1.82, 2.24) is 0 Å². The highest BCUT2D eigenvalue weighted by Gasteiger charge is 2.26. The van der Waals surface area contributed by atoms with Gasteiger partial charge in [-0.05, 0) is 90.0 Å².